The summed E-state index contributed by atoms with van der Waals surface area (Å²) in [4.78, 5) is 1.52. The molecular weight excluding hydrogens is 250 g/mol. The zero-order valence-corrected chi connectivity index (χ0v) is 12.7. The van der Waals surface area contributed by atoms with Gasteiger partial charge in [-0.3, -0.25) is 0 Å². The van der Waals surface area contributed by atoms with Crippen LogP contribution in [0.15, 0.2) is 29.2 Å². The van der Waals surface area contributed by atoms with Crippen molar-refractivity contribution in [1.29, 1.82) is 0 Å². The van der Waals surface area contributed by atoms with E-state index in [0.29, 0.717) is 6.04 Å². The molecule has 1 aromatic rings. The maximum Gasteiger partial charge on any atom is 0.0147 e. The monoisotopic (exact) mass is 275 g/mol. The molecule has 0 bridgehead atoms. The highest BCUT2D eigenvalue weighted by atomic mass is 32.2. The second-order valence-corrected chi connectivity index (χ2v) is 7.11. The van der Waals surface area contributed by atoms with Gasteiger partial charge in [0.15, 0.2) is 0 Å². The van der Waals surface area contributed by atoms with Crippen LogP contribution >= 0.6 is 11.8 Å². The first-order valence-electron chi connectivity index (χ1n) is 7.83. The van der Waals surface area contributed by atoms with Crippen LogP contribution in [0.25, 0.3) is 0 Å². The third-order valence-corrected chi connectivity index (χ3v) is 5.90. The number of rotatable bonds is 6. The Labute approximate surface area is 121 Å². The predicted molar refractivity (Wildman–Crippen MR) is 83.9 cm³/mol. The summed E-state index contributed by atoms with van der Waals surface area (Å²) >= 11 is 2.05. The Bertz CT molecular complexity index is 413. The fourth-order valence-corrected chi connectivity index (χ4v) is 4.66. The lowest BCUT2D eigenvalue weighted by atomic mass is 9.77. The van der Waals surface area contributed by atoms with Crippen LogP contribution < -0.4 is 5.32 Å². The zero-order valence-electron chi connectivity index (χ0n) is 11.9. The van der Waals surface area contributed by atoms with Crippen LogP contribution in [0.4, 0.5) is 0 Å². The second kappa shape index (κ2) is 6.32. The van der Waals surface area contributed by atoms with E-state index >= 15 is 0 Å². The molecule has 0 spiro atoms. The summed E-state index contributed by atoms with van der Waals surface area (Å²) in [6.45, 7) is 3.44. The average Bonchev–Trinajstić information content (AvgIpc) is 2.81. The highest BCUT2D eigenvalue weighted by Gasteiger charge is 2.32. The van der Waals surface area contributed by atoms with Gasteiger partial charge in [0.05, 0.1) is 0 Å². The third-order valence-electron chi connectivity index (χ3n) is 4.69. The van der Waals surface area contributed by atoms with Crippen LogP contribution in [0, 0.1) is 5.92 Å². The molecule has 0 saturated heterocycles. The smallest absolute Gasteiger partial charge is 0.0147 e. The van der Waals surface area contributed by atoms with Gasteiger partial charge in [-0.15, -0.1) is 11.8 Å². The molecule has 2 aliphatic rings. The molecule has 1 aliphatic carbocycles. The van der Waals surface area contributed by atoms with Crippen molar-refractivity contribution in [1.82, 2.24) is 5.32 Å². The van der Waals surface area contributed by atoms with Crippen molar-refractivity contribution in [3.05, 3.63) is 29.8 Å². The molecule has 0 radical (unpaired) electrons. The van der Waals surface area contributed by atoms with Crippen LogP contribution in [-0.2, 0) is 0 Å². The van der Waals surface area contributed by atoms with Gasteiger partial charge >= 0.3 is 0 Å². The molecule has 19 heavy (non-hydrogen) atoms. The van der Waals surface area contributed by atoms with E-state index in [1.165, 1.54) is 49.3 Å². The fourth-order valence-electron chi connectivity index (χ4n) is 3.33. The fraction of sp³-hybridized carbons (Fsp3) is 0.647. The molecule has 2 atom stereocenters. The Morgan fingerprint density at radius 2 is 2.16 bits per heavy atom. The number of fused-ring (bicyclic) bond motifs is 1. The first-order valence-corrected chi connectivity index (χ1v) is 8.82. The maximum atomic E-state index is 3.84. The predicted octanol–water partition coefficient (Wildman–Crippen LogP) is 4.43. The maximum absolute atomic E-state index is 3.84. The van der Waals surface area contributed by atoms with Gasteiger partial charge in [-0.1, -0.05) is 44.4 Å². The molecule has 104 valence electrons. The minimum atomic E-state index is 0.696. The first-order chi connectivity index (χ1) is 9.38. The normalized spacial score (nSPS) is 23.9. The van der Waals surface area contributed by atoms with E-state index in [1.807, 2.05) is 0 Å². The van der Waals surface area contributed by atoms with E-state index in [0.717, 1.165) is 11.8 Å². The Kier molecular flexibility index (Phi) is 4.49. The summed E-state index contributed by atoms with van der Waals surface area (Å²) in [7, 11) is 0. The summed E-state index contributed by atoms with van der Waals surface area (Å²) in [5.41, 5.74) is 1.60. The molecule has 2 heteroatoms. The summed E-state index contributed by atoms with van der Waals surface area (Å²) in [6, 6.07) is 9.72. The molecule has 1 heterocycles. The van der Waals surface area contributed by atoms with Crippen molar-refractivity contribution in [3.63, 3.8) is 0 Å². The van der Waals surface area contributed by atoms with Crippen molar-refractivity contribution < 1.29 is 0 Å². The largest absolute Gasteiger partial charge is 0.313 e. The molecule has 1 N–H and O–H groups in total. The van der Waals surface area contributed by atoms with E-state index in [1.54, 1.807) is 5.56 Å². The molecule has 0 amide bonds. The van der Waals surface area contributed by atoms with Crippen molar-refractivity contribution in [3.8, 4) is 0 Å². The van der Waals surface area contributed by atoms with Crippen molar-refractivity contribution in [2.24, 2.45) is 5.92 Å². The van der Waals surface area contributed by atoms with E-state index in [9.17, 15) is 0 Å². The number of thioether (sulfide) groups is 1. The third kappa shape index (κ3) is 3.00. The van der Waals surface area contributed by atoms with Gasteiger partial charge in [0.1, 0.15) is 0 Å². The standard InChI is InChI=1S/C17H25NS/c1-2-10-18-16(11-13-6-5-7-13)15-12-19-17-9-4-3-8-14(15)17/h3-4,8-9,13,15-16,18H,2,5-7,10-12H2,1H3. The van der Waals surface area contributed by atoms with Crippen LogP contribution in [0.3, 0.4) is 0 Å². The molecule has 1 aliphatic heterocycles. The lowest BCUT2D eigenvalue weighted by Crippen LogP contribution is -2.38. The van der Waals surface area contributed by atoms with E-state index in [2.05, 4.69) is 48.3 Å². The highest BCUT2D eigenvalue weighted by molar-refractivity contribution is 7.99. The van der Waals surface area contributed by atoms with Gasteiger partial charge in [-0.2, -0.15) is 0 Å². The molecule has 1 fully saturated rings. The van der Waals surface area contributed by atoms with Crippen molar-refractivity contribution in [2.45, 2.75) is 55.9 Å². The summed E-state index contributed by atoms with van der Waals surface area (Å²) in [5.74, 6) is 2.99. The molecule has 0 aromatic heterocycles. The number of benzene rings is 1. The van der Waals surface area contributed by atoms with Gasteiger partial charge in [0.25, 0.3) is 0 Å². The summed E-state index contributed by atoms with van der Waals surface area (Å²) < 4.78 is 0. The molecular formula is C17H25NS. The number of hydrogen-bond acceptors (Lipinski definition) is 2. The Morgan fingerprint density at radius 1 is 1.32 bits per heavy atom. The van der Waals surface area contributed by atoms with Gasteiger partial charge in [0, 0.05) is 22.6 Å². The number of nitrogens with one attached hydrogen (secondary N) is 1. The zero-order chi connectivity index (χ0) is 13.1. The minimum absolute atomic E-state index is 0.696. The lowest BCUT2D eigenvalue weighted by molar-refractivity contribution is 0.248. The summed E-state index contributed by atoms with van der Waals surface area (Å²) in [6.07, 6.45) is 7.01. The van der Waals surface area contributed by atoms with Crippen LogP contribution in [-0.4, -0.2) is 18.3 Å². The van der Waals surface area contributed by atoms with Crippen LogP contribution in [0.2, 0.25) is 0 Å². The summed E-state index contributed by atoms with van der Waals surface area (Å²) in [5, 5.41) is 3.84. The van der Waals surface area contributed by atoms with E-state index in [-0.39, 0.29) is 0 Å². The number of hydrogen-bond donors (Lipinski definition) is 1. The highest BCUT2D eigenvalue weighted by Crippen LogP contribution is 2.43. The van der Waals surface area contributed by atoms with Crippen molar-refractivity contribution >= 4 is 11.8 Å². The van der Waals surface area contributed by atoms with Gasteiger partial charge < -0.3 is 5.32 Å². The molecule has 1 saturated carbocycles. The van der Waals surface area contributed by atoms with Crippen LogP contribution in [0.1, 0.15) is 50.5 Å². The van der Waals surface area contributed by atoms with Crippen molar-refractivity contribution in [2.75, 3.05) is 12.3 Å². The van der Waals surface area contributed by atoms with E-state index in [4.69, 9.17) is 0 Å². The van der Waals surface area contributed by atoms with Crippen LogP contribution in [0.5, 0.6) is 0 Å². The SMILES string of the molecule is CCCNC(CC1CCC1)C1CSc2ccccc21. The Balaban J connectivity index is 1.71. The molecule has 1 nitrogen and oxygen atoms in total. The van der Waals surface area contributed by atoms with Gasteiger partial charge in [-0.25, -0.2) is 0 Å². The average molecular weight is 275 g/mol. The van der Waals surface area contributed by atoms with Gasteiger partial charge in [-0.05, 0) is 36.9 Å². The quantitative estimate of drug-likeness (QED) is 0.824. The molecule has 2 unspecified atom stereocenters. The lowest BCUT2D eigenvalue weighted by Gasteiger charge is -2.33. The topological polar surface area (TPSA) is 12.0 Å². The minimum Gasteiger partial charge on any atom is -0.313 e. The first kappa shape index (κ1) is 13.5. The second-order valence-electron chi connectivity index (χ2n) is 6.05. The van der Waals surface area contributed by atoms with Gasteiger partial charge in [0.2, 0.25) is 0 Å². The van der Waals surface area contributed by atoms with E-state index < -0.39 is 0 Å². The molecule has 1 aromatic carbocycles. The molecule has 3 rings (SSSR count). The Morgan fingerprint density at radius 3 is 2.89 bits per heavy atom. The Hall–Kier alpha value is -0.470.